The Balaban J connectivity index is 1.47. The molecule has 0 bridgehead atoms. The Morgan fingerprint density at radius 3 is 2.74 bits per heavy atom. The number of para-hydroxylation sites is 1. The summed E-state index contributed by atoms with van der Waals surface area (Å²) in [5.41, 5.74) is 3.25. The highest BCUT2D eigenvalue weighted by molar-refractivity contribution is 7.99. The Kier molecular flexibility index (Phi) is 6.43. The van der Waals surface area contributed by atoms with E-state index in [1.807, 2.05) is 55.5 Å². The monoisotopic (exact) mass is 383 g/mol. The zero-order valence-electron chi connectivity index (χ0n) is 15.3. The number of thioether (sulfide) groups is 1. The van der Waals surface area contributed by atoms with Crippen molar-refractivity contribution in [1.82, 2.24) is 25.5 Å². The van der Waals surface area contributed by atoms with E-state index in [1.54, 1.807) is 4.68 Å². The second-order valence-electron chi connectivity index (χ2n) is 5.94. The van der Waals surface area contributed by atoms with Gasteiger partial charge in [0.2, 0.25) is 11.1 Å². The maximum atomic E-state index is 12.0. The lowest BCUT2D eigenvalue weighted by molar-refractivity contribution is -0.118. The molecular formula is C19H21N5O2S. The molecule has 27 heavy (non-hydrogen) atoms. The van der Waals surface area contributed by atoms with Crippen molar-refractivity contribution in [3.05, 3.63) is 59.7 Å². The van der Waals surface area contributed by atoms with Crippen LogP contribution in [-0.4, -0.2) is 45.0 Å². The highest BCUT2D eigenvalue weighted by Crippen LogP contribution is 2.19. The van der Waals surface area contributed by atoms with Gasteiger partial charge >= 0.3 is 0 Å². The lowest BCUT2D eigenvalue weighted by Gasteiger charge is -2.08. The van der Waals surface area contributed by atoms with Crippen LogP contribution in [0.4, 0.5) is 0 Å². The summed E-state index contributed by atoms with van der Waals surface area (Å²) < 4.78 is 7.19. The molecule has 0 radical (unpaired) electrons. The van der Waals surface area contributed by atoms with Crippen LogP contribution in [0.3, 0.4) is 0 Å². The van der Waals surface area contributed by atoms with Crippen molar-refractivity contribution < 1.29 is 9.53 Å². The number of hydrogen-bond donors (Lipinski definition) is 1. The first-order valence-electron chi connectivity index (χ1n) is 8.57. The molecule has 1 aromatic heterocycles. The summed E-state index contributed by atoms with van der Waals surface area (Å²) in [7, 11) is 0. The Hall–Kier alpha value is -2.87. The van der Waals surface area contributed by atoms with E-state index in [4.69, 9.17) is 4.74 Å². The molecule has 3 rings (SSSR count). The molecule has 0 spiro atoms. The third-order valence-electron chi connectivity index (χ3n) is 3.94. The van der Waals surface area contributed by atoms with Crippen LogP contribution in [0.1, 0.15) is 11.1 Å². The number of rotatable bonds is 8. The predicted octanol–water partition coefficient (Wildman–Crippen LogP) is 2.57. The van der Waals surface area contributed by atoms with Crippen molar-refractivity contribution in [3.8, 4) is 11.4 Å². The number of nitrogens with one attached hydrogen (secondary N) is 1. The Morgan fingerprint density at radius 2 is 1.96 bits per heavy atom. The third kappa shape index (κ3) is 5.30. The number of hydrogen-bond acceptors (Lipinski definition) is 6. The summed E-state index contributed by atoms with van der Waals surface area (Å²) in [5.74, 6) is 0.927. The topological polar surface area (TPSA) is 81.9 Å². The Morgan fingerprint density at radius 1 is 1.15 bits per heavy atom. The number of carbonyl (C=O) groups is 1. The summed E-state index contributed by atoms with van der Waals surface area (Å²) in [5, 5.41) is 15.2. The molecule has 1 N–H and O–H groups in total. The molecular weight excluding hydrogens is 362 g/mol. The van der Waals surface area contributed by atoms with E-state index in [1.165, 1.54) is 17.3 Å². The molecule has 0 aliphatic rings. The van der Waals surface area contributed by atoms with Crippen LogP contribution in [-0.2, 0) is 4.79 Å². The fourth-order valence-corrected chi connectivity index (χ4v) is 3.07. The molecule has 140 valence electrons. The fraction of sp³-hybridized carbons (Fsp3) is 0.263. The number of aryl methyl sites for hydroxylation is 2. The van der Waals surface area contributed by atoms with Crippen molar-refractivity contribution in [1.29, 1.82) is 0 Å². The molecule has 2 aromatic carbocycles. The molecule has 0 saturated heterocycles. The van der Waals surface area contributed by atoms with Gasteiger partial charge in [-0.25, -0.2) is 0 Å². The van der Waals surface area contributed by atoms with E-state index >= 15 is 0 Å². The Labute approximate surface area is 162 Å². The minimum atomic E-state index is -0.0914. The number of carbonyl (C=O) groups excluding carboxylic acids is 1. The summed E-state index contributed by atoms with van der Waals surface area (Å²) in [6, 6.07) is 15.5. The maximum absolute atomic E-state index is 12.0. The quantitative estimate of drug-likeness (QED) is 0.476. The van der Waals surface area contributed by atoms with Gasteiger partial charge in [-0.15, -0.1) is 5.10 Å². The molecule has 7 nitrogen and oxygen atoms in total. The Bertz CT molecular complexity index is 898. The molecule has 0 saturated carbocycles. The first kappa shape index (κ1) is 18.9. The maximum Gasteiger partial charge on any atom is 0.230 e. The van der Waals surface area contributed by atoms with Crippen molar-refractivity contribution in [3.63, 3.8) is 0 Å². The zero-order valence-corrected chi connectivity index (χ0v) is 16.1. The van der Waals surface area contributed by atoms with E-state index in [-0.39, 0.29) is 11.7 Å². The van der Waals surface area contributed by atoms with Gasteiger partial charge in [0.15, 0.2) is 0 Å². The average Bonchev–Trinajstić information content (AvgIpc) is 3.15. The molecule has 1 amide bonds. The van der Waals surface area contributed by atoms with Crippen LogP contribution in [0.2, 0.25) is 0 Å². The molecule has 3 aromatic rings. The van der Waals surface area contributed by atoms with Gasteiger partial charge in [0.25, 0.3) is 0 Å². The SMILES string of the molecule is Cc1ccc(-n2nnnc2SCC(=O)NCCOc2ccccc2)cc1C. The largest absolute Gasteiger partial charge is 0.492 e. The molecule has 0 aliphatic carbocycles. The second kappa shape index (κ2) is 9.18. The number of aromatic nitrogens is 4. The number of tetrazole rings is 1. The van der Waals surface area contributed by atoms with E-state index in [0.717, 1.165) is 17.0 Å². The van der Waals surface area contributed by atoms with E-state index in [2.05, 4.69) is 27.8 Å². The van der Waals surface area contributed by atoms with Gasteiger partial charge < -0.3 is 10.1 Å². The van der Waals surface area contributed by atoms with Crippen LogP contribution in [0.15, 0.2) is 53.7 Å². The lowest BCUT2D eigenvalue weighted by Crippen LogP contribution is -2.29. The van der Waals surface area contributed by atoms with Crippen molar-refractivity contribution in [2.75, 3.05) is 18.9 Å². The fourth-order valence-electron chi connectivity index (χ4n) is 2.35. The first-order valence-corrected chi connectivity index (χ1v) is 9.55. The molecule has 0 atom stereocenters. The molecule has 0 fully saturated rings. The van der Waals surface area contributed by atoms with Crippen molar-refractivity contribution >= 4 is 17.7 Å². The van der Waals surface area contributed by atoms with Crippen LogP contribution >= 0.6 is 11.8 Å². The van der Waals surface area contributed by atoms with Gasteiger partial charge in [0.05, 0.1) is 18.0 Å². The standard InChI is InChI=1S/C19H21N5O2S/c1-14-8-9-16(12-15(14)2)24-19(21-22-23-24)27-13-18(25)20-10-11-26-17-6-4-3-5-7-17/h3-9,12H,10-11,13H2,1-2H3,(H,20,25). The summed E-state index contributed by atoms with van der Waals surface area (Å²) in [6.07, 6.45) is 0. The van der Waals surface area contributed by atoms with Gasteiger partial charge in [0, 0.05) is 0 Å². The molecule has 1 heterocycles. The normalized spacial score (nSPS) is 10.6. The third-order valence-corrected chi connectivity index (χ3v) is 4.86. The van der Waals surface area contributed by atoms with Gasteiger partial charge in [-0.05, 0) is 59.7 Å². The van der Waals surface area contributed by atoms with Crippen LogP contribution in [0.25, 0.3) is 5.69 Å². The van der Waals surface area contributed by atoms with Crippen LogP contribution < -0.4 is 10.1 Å². The predicted molar refractivity (Wildman–Crippen MR) is 104 cm³/mol. The lowest BCUT2D eigenvalue weighted by atomic mass is 10.1. The minimum absolute atomic E-state index is 0.0914. The van der Waals surface area contributed by atoms with Gasteiger partial charge in [0.1, 0.15) is 12.4 Å². The molecule has 0 aliphatic heterocycles. The van der Waals surface area contributed by atoms with Crippen molar-refractivity contribution in [2.45, 2.75) is 19.0 Å². The number of nitrogens with zero attached hydrogens (tertiary/aromatic N) is 4. The number of amides is 1. The first-order chi connectivity index (χ1) is 13.1. The summed E-state index contributed by atoms with van der Waals surface area (Å²) >= 11 is 1.30. The highest BCUT2D eigenvalue weighted by atomic mass is 32.2. The van der Waals surface area contributed by atoms with E-state index in [9.17, 15) is 4.79 Å². The molecule has 8 heteroatoms. The van der Waals surface area contributed by atoms with Crippen LogP contribution in [0, 0.1) is 13.8 Å². The minimum Gasteiger partial charge on any atom is -0.492 e. The average molecular weight is 383 g/mol. The van der Waals surface area contributed by atoms with Crippen LogP contribution in [0.5, 0.6) is 5.75 Å². The smallest absolute Gasteiger partial charge is 0.230 e. The van der Waals surface area contributed by atoms with Gasteiger partial charge in [-0.1, -0.05) is 36.0 Å². The van der Waals surface area contributed by atoms with E-state index in [0.29, 0.717) is 18.3 Å². The summed E-state index contributed by atoms with van der Waals surface area (Å²) in [4.78, 5) is 12.0. The zero-order chi connectivity index (χ0) is 19.1. The highest BCUT2D eigenvalue weighted by Gasteiger charge is 2.12. The van der Waals surface area contributed by atoms with E-state index < -0.39 is 0 Å². The second-order valence-corrected chi connectivity index (χ2v) is 6.88. The van der Waals surface area contributed by atoms with Crippen molar-refractivity contribution in [2.24, 2.45) is 0 Å². The number of benzene rings is 2. The summed E-state index contributed by atoms with van der Waals surface area (Å²) in [6.45, 7) is 4.96. The van der Waals surface area contributed by atoms with Gasteiger partial charge in [-0.2, -0.15) is 4.68 Å². The molecule has 0 unspecified atom stereocenters. The number of ether oxygens (including phenoxy) is 1. The van der Waals surface area contributed by atoms with Gasteiger partial charge in [-0.3, -0.25) is 4.79 Å².